The second-order valence-corrected chi connectivity index (χ2v) is 5.43. The molecule has 0 heteroatoms. The summed E-state index contributed by atoms with van der Waals surface area (Å²) in [4.78, 5) is 0. The summed E-state index contributed by atoms with van der Waals surface area (Å²) in [5.74, 6) is 0. The maximum Gasteiger partial charge on any atom is -0.0351 e. The Morgan fingerprint density at radius 1 is 0.556 bits per heavy atom. The Bertz CT molecular complexity index is 139. The quantitative estimate of drug-likeness (QED) is 0.234. The SMILES string of the molecule is C[CH]CCCCCC/C=C/CCCCCCCC. The maximum absolute atomic E-state index is 2.40. The molecule has 0 spiro atoms. The van der Waals surface area contributed by atoms with Gasteiger partial charge in [0.25, 0.3) is 0 Å². The minimum atomic E-state index is 1.30. The molecule has 0 aromatic carbocycles. The van der Waals surface area contributed by atoms with E-state index in [2.05, 4.69) is 32.4 Å². The van der Waals surface area contributed by atoms with E-state index in [1.165, 1.54) is 83.5 Å². The van der Waals surface area contributed by atoms with E-state index in [4.69, 9.17) is 0 Å². The van der Waals surface area contributed by atoms with Crippen molar-refractivity contribution in [2.24, 2.45) is 0 Å². The first-order valence-corrected chi connectivity index (χ1v) is 8.34. The van der Waals surface area contributed by atoms with Gasteiger partial charge in [0.1, 0.15) is 0 Å². The summed E-state index contributed by atoms with van der Waals surface area (Å²) in [5, 5.41) is 0. The Morgan fingerprint density at radius 3 is 1.50 bits per heavy atom. The fourth-order valence-electron chi connectivity index (χ4n) is 2.24. The molecule has 0 aromatic heterocycles. The van der Waals surface area contributed by atoms with Crippen LogP contribution in [0.4, 0.5) is 0 Å². The molecule has 1 radical (unpaired) electrons. The van der Waals surface area contributed by atoms with Crippen molar-refractivity contribution in [1.29, 1.82) is 0 Å². The zero-order valence-electron chi connectivity index (χ0n) is 12.9. The van der Waals surface area contributed by atoms with Gasteiger partial charge >= 0.3 is 0 Å². The van der Waals surface area contributed by atoms with Gasteiger partial charge in [0.15, 0.2) is 0 Å². The Labute approximate surface area is 116 Å². The summed E-state index contributed by atoms with van der Waals surface area (Å²) in [6.45, 7) is 4.44. The van der Waals surface area contributed by atoms with E-state index in [-0.39, 0.29) is 0 Å². The van der Waals surface area contributed by atoms with E-state index in [0.29, 0.717) is 0 Å². The molecule has 0 aliphatic heterocycles. The normalized spacial score (nSPS) is 11.4. The molecule has 0 aromatic rings. The van der Waals surface area contributed by atoms with Gasteiger partial charge in [0.2, 0.25) is 0 Å². The minimum absolute atomic E-state index is 1.30. The molecule has 0 amide bonds. The van der Waals surface area contributed by atoms with Crippen LogP contribution in [0.2, 0.25) is 0 Å². The highest BCUT2D eigenvalue weighted by atomic mass is 14.0. The third-order valence-corrected chi connectivity index (χ3v) is 3.50. The van der Waals surface area contributed by atoms with Crippen molar-refractivity contribution in [2.75, 3.05) is 0 Å². The van der Waals surface area contributed by atoms with Crippen LogP contribution in [0, 0.1) is 6.42 Å². The van der Waals surface area contributed by atoms with Gasteiger partial charge in [-0.3, -0.25) is 0 Å². The Morgan fingerprint density at radius 2 is 1.00 bits per heavy atom. The van der Waals surface area contributed by atoms with Crippen molar-refractivity contribution in [3.05, 3.63) is 18.6 Å². The number of hydrogen-bond acceptors (Lipinski definition) is 0. The van der Waals surface area contributed by atoms with E-state index in [0.717, 1.165) is 0 Å². The molecule has 0 fully saturated rings. The van der Waals surface area contributed by atoms with Gasteiger partial charge < -0.3 is 0 Å². The molecular weight excluding hydrogens is 216 g/mol. The molecule has 107 valence electrons. The van der Waals surface area contributed by atoms with Crippen molar-refractivity contribution in [1.82, 2.24) is 0 Å². The summed E-state index contributed by atoms with van der Waals surface area (Å²) >= 11 is 0. The molecule has 0 rings (SSSR count). The third-order valence-electron chi connectivity index (χ3n) is 3.50. The lowest BCUT2D eigenvalue weighted by molar-refractivity contribution is 0.610. The summed E-state index contributed by atoms with van der Waals surface area (Å²) in [5.41, 5.74) is 0. The number of hydrogen-bond donors (Lipinski definition) is 0. The number of rotatable bonds is 14. The first kappa shape index (κ1) is 17.7. The molecule has 0 nitrogen and oxygen atoms in total. The fourth-order valence-corrected chi connectivity index (χ4v) is 2.24. The summed E-state index contributed by atoms with van der Waals surface area (Å²) in [6, 6.07) is 0. The van der Waals surface area contributed by atoms with Gasteiger partial charge in [0.05, 0.1) is 0 Å². The summed E-state index contributed by atoms with van der Waals surface area (Å²) < 4.78 is 0. The molecule has 0 saturated heterocycles. The highest BCUT2D eigenvalue weighted by Gasteiger charge is 1.89. The Kier molecular flexibility index (Phi) is 16.5. The first-order chi connectivity index (χ1) is 8.91. The van der Waals surface area contributed by atoms with Gasteiger partial charge in [-0.2, -0.15) is 0 Å². The van der Waals surface area contributed by atoms with Crippen molar-refractivity contribution in [3.8, 4) is 0 Å². The molecule has 0 atom stereocenters. The van der Waals surface area contributed by atoms with Gasteiger partial charge in [-0.05, 0) is 32.1 Å². The number of unbranched alkanes of at least 4 members (excludes halogenated alkanes) is 12. The van der Waals surface area contributed by atoms with Crippen molar-refractivity contribution in [3.63, 3.8) is 0 Å². The molecular formula is C18H35. The molecule has 0 bridgehead atoms. The van der Waals surface area contributed by atoms with Crippen molar-refractivity contribution in [2.45, 2.75) is 97.3 Å². The Hall–Kier alpha value is -0.260. The van der Waals surface area contributed by atoms with Crippen LogP contribution in [0.25, 0.3) is 0 Å². The molecule has 0 aliphatic carbocycles. The van der Waals surface area contributed by atoms with Crippen LogP contribution in [-0.2, 0) is 0 Å². The second-order valence-electron chi connectivity index (χ2n) is 5.43. The van der Waals surface area contributed by atoms with E-state index in [1.807, 2.05) is 0 Å². The maximum atomic E-state index is 2.40. The van der Waals surface area contributed by atoms with Gasteiger partial charge in [0, 0.05) is 0 Å². The average Bonchev–Trinajstić information content (AvgIpc) is 2.39. The van der Waals surface area contributed by atoms with E-state index < -0.39 is 0 Å². The van der Waals surface area contributed by atoms with E-state index >= 15 is 0 Å². The molecule has 0 saturated carbocycles. The highest BCUT2D eigenvalue weighted by Crippen LogP contribution is 2.09. The monoisotopic (exact) mass is 251 g/mol. The minimum Gasteiger partial charge on any atom is -0.0885 e. The van der Waals surface area contributed by atoms with Crippen molar-refractivity contribution >= 4 is 0 Å². The predicted molar refractivity (Wildman–Crippen MR) is 84.8 cm³/mol. The van der Waals surface area contributed by atoms with Crippen LogP contribution in [0.1, 0.15) is 97.3 Å². The fraction of sp³-hybridized carbons (Fsp3) is 0.833. The zero-order chi connectivity index (χ0) is 13.3. The summed E-state index contributed by atoms with van der Waals surface area (Å²) in [6.07, 6.45) is 25.1. The molecule has 0 N–H and O–H groups in total. The largest absolute Gasteiger partial charge is 0.0885 e. The lowest BCUT2D eigenvalue weighted by Crippen LogP contribution is -1.79. The first-order valence-electron chi connectivity index (χ1n) is 8.34. The zero-order valence-corrected chi connectivity index (χ0v) is 12.9. The second kappa shape index (κ2) is 16.7. The van der Waals surface area contributed by atoms with Gasteiger partial charge in [-0.1, -0.05) is 83.8 Å². The van der Waals surface area contributed by atoms with Gasteiger partial charge in [-0.15, -0.1) is 0 Å². The van der Waals surface area contributed by atoms with Crippen LogP contribution in [-0.4, -0.2) is 0 Å². The standard InChI is InChI=1S/C18H35/c1-3-5-7-9-11-13-15-17-18-16-14-12-10-8-6-4-2/h3,17-18H,4-16H2,1-2H3/b18-17+. The molecule has 0 heterocycles. The molecule has 0 unspecified atom stereocenters. The van der Waals surface area contributed by atoms with Crippen LogP contribution in [0.15, 0.2) is 12.2 Å². The van der Waals surface area contributed by atoms with Crippen LogP contribution < -0.4 is 0 Å². The highest BCUT2D eigenvalue weighted by molar-refractivity contribution is 4.81. The van der Waals surface area contributed by atoms with Crippen LogP contribution in [0.5, 0.6) is 0 Å². The smallest absolute Gasteiger partial charge is 0.0351 e. The summed E-state index contributed by atoms with van der Waals surface area (Å²) in [7, 11) is 0. The molecule has 0 aliphatic rings. The lowest BCUT2D eigenvalue weighted by atomic mass is 10.1. The van der Waals surface area contributed by atoms with Crippen molar-refractivity contribution < 1.29 is 0 Å². The van der Waals surface area contributed by atoms with Gasteiger partial charge in [-0.25, -0.2) is 0 Å². The lowest BCUT2D eigenvalue weighted by Gasteiger charge is -1.98. The third kappa shape index (κ3) is 15.7. The topological polar surface area (TPSA) is 0 Å². The predicted octanol–water partition coefficient (Wildman–Crippen LogP) is 6.86. The van der Waals surface area contributed by atoms with Crippen LogP contribution >= 0.6 is 0 Å². The number of allylic oxidation sites excluding steroid dienone is 2. The molecule has 18 heavy (non-hydrogen) atoms. The Balaban J connectivity index is 3.00. The van der Waals surface area contributed by atoms with Crippen LogP contribution in [0.3, 0.4) is 0 Å². The van der Waals surface area contributed by atoms with E-state index in [9.17, 15) is 0 Å². The average molecular weight is 251 g/mol. The van der Waals surface area contributed by atoms with E-state index in [1.54, 1.807) is 0 Å².